The van der Waals surface area contributed by atoms with Crippen LogP contribution in [0.1, 0.15) is 28.5 Å². The Morgan fingerprint density at radius 1 is 1.34 bits per heavy atom. The normalized spacial score (nSPS) is 20.9. The Bertz CT molecular complexity index is 1020. The number of carbonyl (C=O) groups is 1. The highest BCUT2D eigenvalue weighted by Gasteiger charge is 2.54. The van der Waals surface area contributed by atoms with Gasteiger partial charge >= 0.3 is 0 Å². The Labute approximate surface area is 164 Å². The lowest BCUT2D eigenvalue weighted by atomic mass is 9.85. The first-order chi connectivity index (χ1) is 13.7. The van der Waals surface area contributed by atoms with Gasteiger partial charge in [-0.3, -0.25) is 9.79 Å². The van der Waals surface area contributed by atoms with Crippen molar-refractivity contribution in [3.05, 3.63) is 59.2 Å². The lowest BCUT2D eigenvalue weighted by Gasteiger charge is -2.33. The molecule has 1 aliphatic heterocycles. The summed E-state index contributed by atoms with van der Waals surface area (Å²) in [7, 11) is 0. The fourth-order valence-corrected chi connectivity index (χ4v) is 2.85. The van der Waals surface area contributed by atoms with Crippen LogP contribution in [0.2, 0.25) is 0 Å². The first-order valence-corrected chi connectivity index (χ1v) is 8.43. The molecular weight excluding hydrogens is 387 g/mol. The van der Waals surface area contributed by atoms with Gasteiger partial charge in [0.15, 0.2) is 5.54 Å². The highest BCUT2D eigenvalue weighted by Crippen LogP contribution is 2.44. The Morgan fingerprint density at radius 3 is 2.76 bits per heavy atom. The summed E-state index contributed by atoms with van der Waals surface area (Å²) >= 11 is 0. The Balaban J connectivity index is 1.96. The second-order valence-corrected chi connectivity index (χ2v) is 6.57. The minimum absolute atomic E-state index is 0.00320. The minimum atomic E-state index is -3.55. The van der Waals surface area contributed by atoms with E-state index >= 15 is 0 Å². The summed E-state index contributed by atoms with van der Waals surface area (Å²) in [5.41, 5.74) is 3.16. The van der Waals surface area contributed by atoms with Crippen molar-refractivity contribution in [2.45, 2.75) is 18.4 Å². The zero-order chi connectivity index (χ0) is 21.2. The summed E-state index contributed by atoms with van der Waals surface area (Å²) in [6.07, 6.45) is 1.22. The molecule has 1 aromatic carbocycles. The molecule has 0 radical (unpaired) electrons. The number of pyridine rings is 1. The third-order valence-corrected chi connectivity index (χ3v) is 4.49. The van der Waals surface area contributed by atoms with E-state index in [2.05, 4.69) is 15.3 Å². The molecule has 0 saturated heterocycles. The maximum atomic E-state index is 14.7. The van der Waals surface area contributed by atoms with E-state index in [1.54, 1.807) is 0 Å². The molecule has 1 aromatic heterocycles. The van der Waals surface area contributed by atoms with Crippen LogP contribution in [-0.4, -0.2) is 35.9 Å². The Morgan fingerprint density at radius 2 is 2.10 bits per heavy atom. The lowest BCUT2D eigenvalue weighted by molar-refractivity contribution is -0.116. The Hall–Kier alpha value is -3.45. The van der Waals surface area contributed by atoms with E-state index < -0.39 is 35.4 Å². The number of nitrogens with one attached hydrogen (secondary N) is 1. The summed E-state index contributed by atoms with van der Waals surface area (Å²) in [5.74, 6) is -5.33. The van der Waals surface area contributed by atoms with Crippen LogP contribution >= 0.6 is 0 Å². The van der Waals surface area contributed by atoms with Crippen LogP contribution in [0.3, 0.4) is 0 Å². The van der Waals surface area contributed by atoms with Crippen molar-refractivity contribution < 1.29 is 22.7 Å². The highest BCUT2D eigenvalue weighted by molar-refractivity contribution is 6.02. The number of amidine groups is 1. The van der Waals surface area contributed by atoms with Gasteiger partial charge in [0.05, 0.1) is 5.56 Å². The molecule has 10 heteroatoms. The second kappa shape index (κ2) is 7.52. The molecule has 7 nitrogen and oxygen atoms in total. The van der Waals surface area contributed by atoms with Crippen molar-refractivity contribution in [2.75, 3.05) is 18.5 Å². The zero-order valence-electron chi connectivity index (χ0n) is 15.2. The molecule has 0 bridgehead atoms. The van der Waals surface area contributed by atoms with Crippen molar-refractivity contribution in [1.82, 2.24) is 4.98 Å². The third-order valence-electron chi connectivity index (χ3n) is 4.49. The molecule has 29 heavy (non-hydrogen) atoms. The summed E-state index contributed by atoms with van der Waals surface area (Å²) in [4.78, 5) is 20.0. The Kier molecular flexibility index (Phi) is 5.26. The fourth-order valence-electron chi connectivity index (χ4n) is 2.85. The number of nitriles is 1. The van der Waals surface area contributed by atoms with Gasteiger partial charge in [0.1, 0.15) is 36.6 Å². The standard InChI is InChI=1S/C19H16F3N5O2/c1-18(19(21,22)10-29-9-16(24)27-18)13-6-12(3-4-14(13)20)26-17(28)15-5-2-11(7-23)8-25-15/h2-6,8H,9-10H2,1H3,(H2,24,27)(H,26,28). The van der Waals surface area contributed by atoms with Crippen LogP contribution in [0.5, 0.6) is 0 Å². The van der Waals surface area contributed by atoms with Crippen molar-refractivity contribution in [1.29, 1.82) is 5.26 Å². The van der Waals surface area contributed by atoms with Crippen LogP contribution in [0.4, 0.5) is 18.9 Å². The summed E-state index contributed by atoms with van der Waals surface area (Å²) < 4.78 is 48.7. The SMILES string of the molecule is CC1(c2cc(NC(=O)c3ccc(C#N)cn3)ccc2F)N=C(N)COCC1(F)F. The number of hydrogen-bond donors (Lipinski definition) is 2. The molecule has 3 N–H and O–H groups in total. The number of alkyl halides is 2. The molecule has 0 spiro atoms. The van der Waals surface area contributed by atoms with E-state index in [0.29, 0.717) is 0 Å². The molecule has 1 atom stereocenters. The smallest absolute Gasteiger partial charge is 0.299 e. The van der Waals surface area contributed by atoms with E-state index in [1.807, 2.05) is 6.07 Å². The summed E-state index contributed by atoms with van der Waals surface area (Å²) in [6, 6.07) is 7.87. The fraction of sp³-hybridized carbons (Fsp3) is 0.263. The van der Waals surface area contributed by atoms with E-state index in [4.69, 9.17) is 15.7 Å². The van der Waals surface area contributed by atoms with Gasteiger partial charge in [0.2, 0.25) is 0 Å². The van der Waals surface area contributed by atoms with Crippen LogP contribution in [-0.2, 0) is 10.3 Å². The number of ether oxygens (including phenoxy) is 1. The first kappa shape index (κ1) is 20.3. The number of anilines is 1. The number of benzene rings is 1. The van der Waals surface area contributed by atoms with Gasteiger partial charge in [-0.25, -0.2) is 18.2 Å². The van der Waals surface area contributed by atoms with Crippen molar-refractivity contribution in [3.63, 3.8) is 0 Å². The van der Waals surface area contributed by atoms with Gasteiger partial charge in [-0.15, -0.1) is 0 Å². The third kappa shape index (κ3) is 3.90. The predicted octanol–water partition coefficient (Wildman–Crippen LogP) is 2.58. The highest BCUT2D eigenvalue weighted by atomic mass is 19.3. The first-order valence-electron chi connectivity index (χ1n) is 8.43. The van der Waals surface area contributed by atoms with Crippen LogP contribution in [0.15, 0.2) is 41.5 Å². The number of halogens is 3. The summed E-state index contributed by atoms with van der Waals surface area (Å²) in [5, 5.41) is 11.2. The van der Waals surface area contributed by atoms with E-state index in [0.717, 1.165) is 19.1 Å². The van der Waals surface area contributed by atoms with Crippen molar-refractivity contribution in [3.8, 4) is 6.07 Å². The maximum Gasteiger partial charge on any atom is 0.299 e. The molecule has 2 aromatic rings. The van der Waals surface area contributed by atoms with Crippen LogP contribution < -0.4 is 11.1 Å². The molecule has 0 saturated carbocycles. The lowest BCUT2D eigenvalue weighted by Crippen LogP contribution is -2.45. The number of nitrogens with two attached hydrogens (primary N) is 1. The predicted molar refractivity (Wildman–Crippen MR) is 98.0 cm³/mol. The average molecular weight is 403 g/mol. The molecule has 150 valence electrons. The number of nitrogens with zero attached hydrogens (tertiary/aromatic N) is 3. The van der Waals surface area contributed by atoms with Gasteiger partial charge in [-0.1, -0.05) is 0 Å². The largest absolute Gasteiger partial charge is 0.385 e. The molecule has 0 fully saturated rings. The van der Waals surface area contributed by atoms with Gasteiger partial charge in [0.25, 0.3) is 11.8 Å². The molecule has 1 aliphatic rings. The average Bonchev–Trinajstić information content (AvgIpc) is 2.78. The van der Waals surface area contributed by atoms with Crippen molar-refractivity contribution in [2.24, 2.45) is 10.7 Å². The number of carbonyl (C=O) groups excluding carboxylic acids is 1. The van der Waals surface area contributed by atoms with Gasteiger partial charge in [-0.05, 0) is 37.3 Å². The van der Waals surface area contributed by atoms with E-state index in [9.17, 15) is 18.0 Å². The zero-order valence-corrected chi connectivity index (χ0v) is 15.2. The van der Waals surface area contributed by atoms with E-state index in [-0.39, 0.29) is 29.4 Å². The number of rotatable bonds is 3. The summed E-state index contributed by atoms with van der Waals surface area (Å²) in [6.45, 7) is -0.229. The van der Waals surface area contributed by atoms with Crippen LogP contribution in [0, 0.1) is 17.1 Å². The molecule has 3 rings (SSSR count). The van der Waals surface area contributed by atoms with Gasteiger partial charge in [0, 0.05) is 17.4 Å². The maximum absolute atomic E-state index is 14.7. The molecule has 0 aliphatic carbocycles. The van der Waals surface area contributed by atoms with E-state index in [1.165, 1.54) is 24.4 Å². The molecular formula is C19H16F3N5O2. The molecule has 2 heterocycles. The molecule has 1 amide bonds. The van der Waals surface area contributed by atoms with Gasteiger partial charge in [-0.2, -0.15) is 5.26 Å². The quantitative estimate of drug-likeness (QED) is 0.818. The van der Waals surface area contributed by atoms with Crippen LogP contribution in [0.25, 0.3) is 0 Å². The number of aliphatic imine (C=N–C) groups is 1. The number of aromatic nitrogens is 1. The topological polar surface area (TPSA) is 113 Å². The number of hydrogen-bond acceptors (Lipinski definition) is 6. The van der Waals surface area contributed by atoms with Gasteiger partial charge < -0.3 is 15.8 Å². The molecule has 1 unspecified atom stereocenters. The van der Waals surface area contributed by atoms with Crippen molar-refractivity contribution >= 4 is 17.4 Å². The number of amides is 1. The second-order valence-electron chi connectivity index (χ2n) is 6.57. The monoisotopic (exact) mass is 403 g/mol. The minimum Gasteiger partial charge on any atom is -0.385 e.